The molecule has 0 N–H and O–H groups in total. The van der Waals surface area contributed by atoms with Crippen LogP contribution < -0.4 is 5.56 Å². The summed E-state index contributed by atoms with van der Waals surface area (Å²) in [6.07, 6.45) is 4.96. The van der Waals surface area contributed by atoms with Crippen LogP contribution in [0.2, 0.25) is 0 Å². The summed E-state index contributed by atoms with van der Waals surface area (Å²) in [5.74, 6) is 0.510. The van der Waals surface area contributed by atoms with Gasteiger partial charge in [0.05, 0.1) is 17.6 Å². The molecule has 0 aliphatic carbocycles. The molecule has 29 heavy (non-hydrogen) atoms. The predicted molar refractivity (Wildman–Crippen MR) is 115 cm³/mol. The molecule has 140 valence electrons. The van der Waals surface area contributed by atoms with Gasteiger partial charge in [-0.2, -0.15) is 5.10 Å². The number of nitrogens with zero attached hydrogens (tertiary/aromatic N) is 5. The van der Waals surface area contributed by atoms with Crippen LogP contribution in [0.3, 0.4) is 0 Å². The zero-order valence-electron chi connectivity index (χ0n) is 15.1. The Balaban J connectivity index is 1.86. The van der Waals surface area contributed by atoms with Crippen molar-refractivity contribution < 1.29 is 0 Å². The summed E-state index contributed by atoms with van der Waals surface area (Å²) in [5.41, 5.74) is 2.63. The van der Waals surface area contributed by atoms with Gasteiger partial charge in [0, 0.05) is 22.4 Å². The zero-order valence-corrected chi connectivity index (χ0v) is 16.7. The molecule has 0 radical (unpaired) electrons. The minimum atomic E-state index is -0.182. The van der Waals surface area contributed by atoms with Gasteiger partial charge in [0.1, 0.15) is 5.39 Å². The average Bonchev–Trinajstić information content (AvgIpc) is 3.20. The number of pyridine rings is 1. The number of para-hydroxylation sites is 1. The Morgan fingerprint density at radius 2 is 1.62 bits per heavy atom. The molecule has 0 saturated carbocycles. The summed E-state index contributed by atoms with van der Waals surface area (Å²) in [6, 6.07) is 20.9. The fourth-order valence-corrected chi connectivity index (χ4v) is 3.51. The first-order valence-electron chi connectivity index (χ1n) is 8.95. The summed E-state index contributed by atoms with van der Waals surface area (Å²) in [7, 11) is 0. The van der Waals surface area contributed by atoms with Crippen LogP contribution >= 0.6 is 15.9 Å². The van der Waals surface area contributed by atoms with E-state index in [2.05, 4.69) is 26.0 Å². The van der Waals surface area contributed by atoms with Gasteiger partial charge in [-0.15, -0.1) is 0 Å². The Bertz CT molecular complexity index is 1360. The third-order valence-electron chi connectivity index (χ3n) is 4.61. The first-order valence-corrected chi connectivity index (χ1v) is 9.74. The summed E-state index contributed by atoms with van der Waals surface area (Å²) in [5, 5.41) is 4.88. The number of hydrogen-bond donors (Lipinski definition) is 0. The highest BCUT2D eigenvalue weighted by molar-refractivity contribution is 9.10. The summed E-state index contributed by atoms with van der Waals surface area (Å²) < 4.78 is 4.22. The fraction of sp³-hybridized carbons (Fsp3) is 0. The van der Waals surface area contributed by atoms with Crippen LogP contribution in [0.4, 0.5) is 0 Å². The van der Waals surface area contributed by atoms with E-state index in [0.29, 0.717) is 16.9 Å². The molecule has 0 aliphatic heterocycles. The number of fused-ring (bicyclic) bond motifs is 1. The normalized spacial score (nSPS) is 11.1. The largest absolute Gasteiger partial charge is 0.269 e. The smallest absolute Gasteiger partial charge is 0.268 e. The van der Waals surface area contributed by atoms with Crippen molar-refractivity contribution in [2.24, 2.45) is 0 Å². The molecule has 0 fully saturated rings. The molecule has 5 aromatic rings. The third kappa shape index (κ3) is 3.05. The minimum Gasteiger partial charge on any atom is -0.268 e. The maximum atomic E-state index is 13.5. The standard InChI is InChI=1S/C22H14BrN5O/c23-16-8-10-17(11-9-16)27-20(15-5-4-12-24-13-15)26-21-19(22(27)29)14-25-28(21)18-6-2-1-3-7-18/h1-14H. The predicted octanol–water partition coefficient (Wildman–Crippen LogP) is 4.40. The molecule has 0 spiro atoms. The Hall–Kier alpha value is -3.58. The molecule has 2 aromatic carbocycles. The molecule has 0 unspecified atom stereocenters. The molecule has 7 heteroatoms. The number of hydrogen-bond acceptors (Lipinski definition) is 4. The Kier molecular flexibility index (Phi) is 4.29. The lowest BCUT2D eigenvalue weighted by Crippen LogP contribution is -2.22. The van der Waals surface area contributed by atoms with Gasteiger partial charge in [0.15, 0.2) is 11.5 Å². The molecule has 6 nitrogen and oxygen atoms in total. The Morgan fingerprint density at radius 3 is 2.34 bits per heavy atom. The van der Waals surface area contributed by atoms with Crippen molar-refractivity contribution in [2.75, 3.05) is 0 Å². The van der Waals surface area contributed by atoms with Gasteiger partial charge in [0.2, 0.25) is 0 Å². The lowest BCUT2D eigenvalue weighted by Gasteiger charge is -2.13. The SMILES string of the molecule is O=c1c2cnn(-c3ccccc3)c2nc(-c2cccnc2)n1-c1ccc(Br)cc1. The van der Waals surface area contributed by atoms with Gasteiger partial charge in [-0.05, 0) is 48.5 Å². The van der Waals surface area contributed by atoms with Crippen molar-refractivity contribution in [1.82, 2.24) is 24.3 Å². The first kappa shape index (κ1) is 17.5. The summed E-state index contributed by atoms with van der Waals surface area (Å²) in [4.78, 5) is 22.5. The average molecular weight is 444 g/mol. The molecule has 0 bridgehead atoms. The van der Waals surface area contributed by atoms with Gasteiger partial charge in [-0.1, -0.05) is 34.1 Å². The molecule has 3 aromatic heterocycles. The maximum Gasteiger partial charge on any atom is 0.269 e. The van der Waals surface area contributed by atoms with E-state index >= 15 is 0 Å². The van der Waals surface area contributed by atoms with Crippen molar-refractivity contribution >= 4 is 27.0 Å². The molecule has 5 rings (SSSR count). The van der Waals surface area contributed by atoms with Crippen LogP contribution in [0.25, 0.3) is 33.8 Å². The van der Waals surface area contributed by atoms with Crippen LogP contribution in [0.1, 0.15) is 0 Å². The van der Waals surface area contributed by atoms with Crippen LogP contribution in [0.5, 0.6) is 0 Å². The van der Waals surface area contributed by atoms with Crippen molar-refractivity contribution in [2.45, 2.75) is 0 Å². The minimum absolute atomic E-state index is 0.182. The second kappa shape index (κ2) is 7.10. The van der Waals surface area contributed by atoms with E-state index < -0.39 is 0 Å². The zero-order chi connectivity index (χ0) is 19.8. The quantitative estimate of drug-likeness (QED) is 0.414. The first-order chi connectivity index (χ1) is 14.2. The van der Waals surface area contributed by atoms with Crippen LogP contribution in [0.15, 0.2) is 94.6 Å². The fourth-order valence-electron chi connectivity index (χ4n) is 3.24. The number of benzene rings is 2. The maximum absolute atomic E-state index is 13.5. The number of halogens is 1. The second-order valence-corrected chi connectivity index (χ2v) is 7.34. The highest BCUT2D eigenvalue weighted by atomic mass is 79.9. The van der Waals surface area contributed by atoms with E-state index in [1.54, 1.807) is 27.8 Å². The molecular formula is C22H14BrN5O. The van der Waals surface area contributed by atoms with Crippen LogP contribution in [-0.4, -0.2) is 24.3 Å². The number of rotatable bonds is 3. The summed E-state index contributed by atoms with van der Waals surface area (Å²) >= 11 is 3.44. The van der Waals surface area contributed by atoms with E-state index in [4.69, 9.17) is 4.98 Å². The van der Waals surface area contributed by atoms with Gasteiger partial charge >= 0.3 is 0 Å². The monoisotopic (exact) mass is 443 g/mol. The number of aromatic nitrogens is 5. The Labute approximate surface area is 174 Å². The van der Waals surface area contributed by atoms with Gasteiger partial charge in [0.25, 0.3) is 5.56 Å². The van der Waals surface area contributed by atoms with E-state index in [1.165, 1.54) is 0 Å². The topological polar surface area (TPSA) is 65.6 Å². The highest BCUT2D eigenvalue weighted by Gasteiger charge is 2.18. The molecule has 0 amide bonds. The van der Waals surface area contributed by atoms with Crippen molar-refractivity contribution in [1.29, 1.82) is 0 Å². The van der Waals surface area contributed by atoms with Gasteiger partial charge < -0.3 is 0 Å². The van der Waals surface area contributed by atoms with Crippen LogP contribution in [-0.2, 0) is 0 Å². The molecule has 0 atom stereocenters. The van der Waals surface area contributed by atoms with E-state index in [1.807, 2.05) is 66.7 Å². The van der Waals surface area contributed by atoms with Crippen molar-refractivity contribution in [3.8, 4) is 22.8 Å². The summed E-state index contributed by atoms with van der Waals surface area (Å²) in [6.45, 7) is 0. The van der Waals surface area contributed by atoms with Crippen LogP contribution in [0, 0.1) is 0 Å². The lowest BCUT2D eigenvalue weighted by molar-refractivity contribution is 0.888. The molecule has 0 saturated heterocycles. The highest BCUT2D eigenvalue weighted by Crippen LogP contribution is 2.23. The van der Waals surface area contributed by atoms with Crippen molar-refractivity contribution in [3.05, 3.63) is 100 Å². The van der Waals surface area contributed by atoms with Crippen molar-refractivity contribution in [3.63, 3.8) is 0 Å². The second-order valence-electron chi connectivity index (χ2n) is 6.42. The van der Waals surface area contributed by atoms with E-state index in [-0.39, 0.29) is 5.56 Å². The lowest BCUT2D eigenvalue weighted by atomic mass is 10.2. The molecular weight excluding hydrogens is 430 g/mol. The van der Waals surface area contributed by atoms with Gasteiger partial charge in [-0.25, -0.2) is 9.67 Å². The molecule has 0 aliphatic rings. The Morgan fingerprint density at radius 1 is 0.828 bits per heavy atom. The van der Waals surface area contributed by atoms with Gasteiger partial charge in [-0.3, -0.25) is 14.3 Å². The third-order valence-corrected chi connectivity index (χ3v) is 5.13. The molecule has 3 heterocycles. The van der Waals surface area contributed by atoms with E-state index in [9.17, 15) is 4.79 Å². The van der Waals surface area contributed by atoms with E-state index in [0.717, 1.165) is 21.4 Å².